The Morgan fingerprint density at radius 2 is 1.81 bits per heavy atom. The minimum absolute atomic E-state index is 0.166. The lowest BCUT2D eigenvalue weighted by Crippen LogP contribution is -2.32. The summed E-state index contributed by atoms with van der Waals surface area (Å²) in [6.45, 7) is 0.531. The topological polar surface area (TPSA) is 64.1 Å². The molecule has 0 saturated heterocycles. The largest absolute Gasteiger partial charge is 0.493 e. The van der Waals surface area contributed by atoms with Crippen molar-refractivity contribution in [1.82, 2.24) is 15.3 Å². The maximum atomic E-state index is 13.1. The predicted octanol–water partition coefficient (Wildman–Crippen LogP) is 6.51. The normalized spacial score (nSPS) is 15.2. The van der Waals surface area contributed by atoms with Gasteiger partial charge in [-0.15, -0.1) is 0 Å². The molecule has 0 unspecified atom stereocenters. The molecule has 5 rings (SSSR count). The highest BCUT2D eigenvalue weighted by atomic mass is 35.5. The van der Waals surface area contributed by atoms with Gasteiger partial charge in [0.1, 0.15) is 5.75 Å². The Kier molecular flexibility index (Phi) is 5.64. The number of aromatic nitrogens is 2. The minimum Gasteiger partial charge on any atom is -0.493 e. The second-order valence-corrected chi connectivity index (χ2v) is 8.65. The van der Waals surface area contributed by atoms with Crippen LogP contribution in [0.3, 0.4) is 0 Å². The van der Waals surface area contributed by atoms with E-state index in [4.69, 9.17) is 39.5 Å². The average Bonchev–Trinajstić information content (AvgIpc) is 2.78. The fourth-order valence-electron chi connectivity index (χ4n) is 3.88. The summed E-state index contributed by atoms with van der Waals surface area (Å²) in [5, 5.41) is 4.97. The molecule has 5 nitrogen and oxygen atoms in total. The Morgan fingerprint density at radius 3 is 2.62 bits per heavy atom. The van der Waals surface area contributed by atoms with Crippen LogP contribution in [0.2, 0.25) is 15.1 Å². The molecular formula is C24H16Cl3N3O2. The van der Waals surface area contributed by atoms with Crippen molar-refractivity contribution in [2.75, 3.05) is 6.61 Å². The number of benzene rings is 2. The molecule has 32 heavy (non-hydrogen) atoms. The SMILES string of the molecule is O=C(N[C@H]1CCOc2ccccc21)c1cnc2c(-c3cc(Cl)cc(Cl)c3)nccc2c1Cl. The third-order valence-corrected chi connectivity index (χ3v) is 6.21. The number of fused-ring (bicyclic) bond motifs is 2. The van der Waals surface area contributed by atoms with E-state index in [-0.39, 0.29) is 11.9 Å². The van der Waals surface area contributed by atoms with Crippen LogP contribution < -0.4 is 10.1 Å². The van der Waals surface area contributed by atoms with Crippen LogP contribution in [0.1, 0.15) is 28.4 Å². The van der Waals surface area contributed by atoms with Crippen LogP contribution in [-0.4, -0.2) is 22.5 Å². The maximum absolute atomic E-state index is 13.1. The van der Waals surface area contributed by atoms with E-state index in [1.54, 1.807) is 30.5 Å². The van der Waals surface area contributed by atoms with Gasteiger partial charge in [0.05, 0.1) is 34.4 Å². The number of hydrogen-bond donors (Lipinski definition) is 1. The number of nitrogens with zero attached hydrogens (tertiary/aromatic N) is 2. The van der Waals surface area contributed by atoms with E-state index in [0.29, 0.717) is 55.8 Å². The Hall–Kier alpha value is -2.86. The fraction of sp³-hybridized carbons (Fsp3) is 0.125. The zero-order valence-electron chi connectivity index (χ0n) is 16.6. The molecule has 0 bridgehead atoms. The molecule has 1 atom stereocenters. The first kappa shape index (κ1) is 21.0. The molecule has 0 fully saturated rings. The van der Waals surface area contributed by atoms with Crippen molar-refractivity contribution in [1.29, 1.82) is 0 Å². The maximum Gasteiger partial charge on any atom is 0.254 e. The van der Waals surface area contributed by atoms with E-state index in [1.165, 1.54) is 6.20 Å². The van der Waals surface area contributed by atoms with E-state index in [9.17, 15) is 4.79 Å². The van der Waals surface area contributed by atoms with Crippen LogP contribution >= 0.6 is 34.8 Å². The standard InChI is InChI=1S/C24H16Cl3N3O2/c25-14-9-13(10-15(26)11-14)22-23-17(5-7-28-22)21(27)18(12-29-23)24(31)30-19-6-8-32-20-4-2-1-3-16(19)20/h1-5,7,9-12,19H,6,8H2,(H,30,31)/t19-/m0/s1. The highest BCUT2D eigenvalue weighted by molar-refractivity contribution is 6.39. The van der Waals surface area contributed by atoms with Gasteiger partial charge in [0.25, 0.3) is 5.91 Å². The molecule has 4 aromatic rings. The second kappa shape index (κ2) is 8.58. The molecule has 1 aliphatic heterocycles. The lowest BCUT2D eigenvalue weighted by molar-refractivity contribution is 0.0924. The zero-order valence-corrected chi connectivity index (χ0v) is 18.9. The summed E-state index contributed by atoms with van der Waals surface area (Å²) in [6, 6.07) is 14.4. The van der Waals surface area contributed by atoms with Crippen molar-refractivity contribution in [3.05, 3.63) is 87.1 Å². The molecule has 2 aromatic carbocycles. The highest BCUT2D eigenvalue weighted by Crippen LogP contribution is 2.35. The number of para-hydroxylation sites is 1. The van der Waals surface area contributed by atoms with E-state index >= 15 is 0 Å². The number of carbonyl (C=O) groups is 1. The first-order valence-electron chi connectivity index (χ1n) is 9.93. The van der Waals surface area contributed by atoms with Gasteiger partial charge in [0.2, 0.25) is 0 Å². The van der Waals surface area contributed by atoms with Gasteiger partial charge in [-0.2, -0.15) is 0 Å². The third kappa shape index (κ3) is 3.88. The van der Waals surface area contributed by atoms with Gasteiger partial charge in [-0.3, -0.25) is 14.8 Å². The van der Waals surface area contributed by atoms with E-state index in [0.717, 1.165) is 11.3 Å². The van der Waals surface area contributed by atoms with Crippen LogP contribution in [0, 0.1) is 0 Å². The number of rotatable bonds is 3. The summed E-state index contributed by atoms with van der Waals surface area (Å²) in [5.74, 6) is 0.484. The second-order valence-electron chi connectivity index (χ2n) is 7.40. The van der Waals surface area contributed by atoms with Gasteiger partial charge in [-0.05, 0) is 30.3 Å². The summed E-state index contributed by atoms with van der Waals surface area (Å²) in [6.07, 6.45) is 3.77. The quantitative estimate of drug-likeness (QED) is 0.360. The summed E-state index contributed by atoms with van der Waals surface area (Å²) >= 11 is 19.0. The Balaban J connectivity index is 1.51. The Labute approximate surface area is 199 Å². The van der Waals surface area contributed by atoms with Gasteiger partial charge >= 0.3 is 0 Å². The zero-order chi connectivity index (χ0) is 22.2. The monoisotopic (exact) mass is 483 g/mol. The predicted molar refractivity (Wildman–Crippen MR) is 127 cm³/mol. The summed E-state index contributed by atoms with van der Waals surface area (Å²) in [4.78, 5) is 22.1. The van der Waals surface area contributed by atoms with Crippen LogP contribution in [0.15, 0.2) is 60.9 Å². The first-order chi connectivity index (χ1) is 15.5. The van der Waals surface area contributed by atoms with Crippen molar-refractivity contribution in [2.24, 2.45) is 0 Å². The van der Waals surface area contributed by atoms with E-state index in [1.807, 2.05) is 24.3 Å². The molecule has 1 N–H and O–H groups in total. The van der Waals surface area contributed by atoms with Crippen molar-refractivity contribution < 1.29 is 9.53 Å². The van der Waals surface area contributed by atoms with Gasteiger partial charge in [0.15, 0.2) is 0 Å². The van der Waals surface area contributed by atoms with Gasteiger partial charge in [0, 0.05) is 45.4 Å². The molecule has 2 aromatic heterocycles. The van der Waals surface area contributed by atoms with Crippen LogP contribution in [0.5, 0.6) is 5.75 Å². The number of halogens is 3. The lowest BCUT2D eigenvalue weighted by atomic mass is 10.00. The first-order valence-corrected chi connectivity index (χ1v) is 11.1. The van der Waals surface area contributed by atoms with Crippen molar-refractivity contribution >= 4 is 51.6 Å². The Morgan fingerprint density at radius 1 is 1.03 bits per heavy atom. The molecule has 1 amide bonds. The number of ether oxygens (including phenoxy) is 1. The molecule has 0 spiro atoms. The highest BCUT2D eigenvalue weighted by Gasteiger charge is 2.25. The van der Waals surface area contributed by atoms with Gasteiger partial charge in [-0.1, -0.05) is 53.0 Å². The molecule has 3 heterocycles. The minimum atomic E-state index is -0.296. The molecule has 0 saturated carbocycles. The van der Waals surface area contributed by atoms with Crippen molar-refractivity contribution in [2.45, 2.75) is 12.5 Å². The third-order valence-electron chi connectivity index (χ3n) is 5.36. The van der Waals surface area contributed by atoms with E-state index < -0.39 is 0 Å². The molecule has 8 heteroatoms. The average molecular weight is 485 g/mol. The summed E-state index contributed by atoms with van der Waals surface area (Å²) in [5.41, 5.74) is 3.10. The molecule has 160 valence electrons. The Bertz CT molecular complexity index is 1340. The molecule has 0 aliphatic carbocycles. The number of nitrogens with one attached hydrogen (secondary N) is 1. The van der Waals surface area contributed by atoms with E-state index in [2.05, 4.69) is 15.3 Å². The smallest absolute Gasteiger partial charge is 0.254 e. The van der Waals surface area contributed by atoms with Crippen LogP contribution in [0.25, 0.3) is 22.2 Å². The van der Waals surface area contributed by atoms with Crippen molar-refractivity contribution in [3.63, 3.8) is 0 Å². The summed E-state index contributed by atoms with van der Waals surface area (Å²) in [7, 11) is 0. The van der Waals surface area contributed by atoms with Gasteiger partial charge < -0.3 is 10.1 Å². The van der Waals surface area contributed by atoms with Crippen LogP contribution in [0.4, 0.5) is 0 Å². The van der Waals surface area contributed by atoms with Gasteiger partial charge in [-0.25, -0.2) is 0 Å². The van der Waals surface area contributed by atoms with Crippen molar-refractivity contribution in [3.8, 4) is 17.0 Å². The molecule has 0 radical (unpaired) electrons. The molecular weight excluding hydrogens is 469 g/mol. The fourth-order valence-corrected chi connectivity index (χ4v) is 4.69. The molecule has 1 aliphatic rings. The number of carbonyl (C=O) groups excluding carboxylic acids is 1. The lowest BCUT2D eigenvalue weighted by Gasteiger charge is -2.26. The number of amides is 1. The number of pyridine rings is 2. The summed E-state index contributed by atoms with van der Waals surface area (Å²) < 4.78 is 5.68. The van der Waals surface area contributed by atoms with Crippen LogP contribution in [-0.2, 0) is 0 Å². The number of hydrogen-bond acceptors (Lipinski definition) is 4.